The first kappa shape index (κ1) is 9.96. The first-order valence-electron chi connectivity index (χ1n) is 3.78. The van der Waals surface area contributed by atoms with Crippen molar-refractivity contribution in [2.24, 2.45) is 0 Å². The van der Waals surface area contributed by atoms with Crippen molar-refractivity contribution in [3.8, 4) is 0 Å². The van der Waals surface area contributed by atoms with Crippen LogP contribution in [0.25, 0.3) is 0 Å². The number of hydrogen-bond acceptors (Lipinski definition) is 2. The van der Waals surface area contributed by atoms with Gasteiger partial charge in [0.2, 0.25) is 0 Å². The predicted octanol–water partition coefficient (Wildman–Crippen LogP) is 3.18. The van der Waals surface area contributed by atoms with Crippen LogP contribution in [0.15, 0.2) is 28.1 Å². The summed E-state index contributed by atoms with van der Waals surface area (Å²) in [6, 6.07) is 4.20. The van der Waals surface area contributed by atoms with E-state index in [4.69, 9.17) is 0 Å². The molecule has 66 valence electrons. The fourth-order valence-electron chi connectivity index (χ4n) is 0.846. The molecule has 1 nitrogen and oxygen atoms in total. The highest BCUT2D eigenvalue weighted by Crippen LogP contribution is 2.21. The largest absolute Gasteiger partial charge is 0.308 e. The maximum absolute atomic E-state index is 3.82. The SMILES string of the molecule is C=C(C)CNCc1ccc(Br)s1. The Labute approximate surface area is 85.6 Å². The van der Waals surface area contributed by atoms with Gasteiger partial charge in [0.05, 0.1) is 3.79 Å². The number of nitrogens with one attached hydrogen (secondary N) is 1. The topological polar surface area (TPSA) is 12.0 Å². The maximum Gasteiger partial charge on any atom is 0.0701 e. The Morgan fingerprint density at radius 2 is 2.42 bits per heavy atom. The maximum atomic E-state index is 3.82. The van der Waals surface area contributed by atoms with Gasteiger partial charge in [-0.25, -0.2) is 0 Å². The van der Waals surface area contributed by atoms with Crippen LogP contribution in [0.5, 0.6) is 0 Å². The summed E-state index contributed by atoms with van der Waals surface area (Å²) >= 11 is 5.19. The summed E-state index contributed by atoms with van der Waals surface area (Å²) < 4.78 is 1.19. The van der Waals surface area contributed by atoms with Crippen molar-refractivity contribution in [3.63, 3.8) is 0 Å². The predicted molar refractivity (Wildman–Crippen MR) is 58.5 cm³/mol. The molecule has 1 rings (SSSR count). The zero-order valence-corrected chi connectivity index (χ0v) is 9.46. The zero-order chi connectivity index (χ0) is 8.97. The van der Waals surface area contributed by atoms with Gasteiger partial charge in [0.15, 0.2) is 0 Å². The van der Waals surface area contributed by atoms with Crippen molar-refractivity contribution in [2.45, 2.75) is 13.5 Å². The second kappa shape index (κ2) is 4.80. The van der Waals surface area contributed by atoms with Crippen molar-refractivity contribution in [2.75, 3.05) is 6.54 Å². The summed E-state index contributed by atoms with van der Waals surface area (Å²) in [6.07, 6.45) is 0. The number of hydrogen-bond donors (Lipinski definition) is 1. The second-order valence-corrected chi connectivity index (χ2v) is 5.31. The lowest BCUT2D eigenvalue weighted by molar-refractivity contribution is 0.750. The quantitative estimate of drug-likeness (QED) is 0.804. The van der Waals surface area contributed by atoms with Crippen LogP contribution in [-0.2, 0) is 6.54 Å². The molecule has 0 bridgehead atoms. The van der Waals surface area contributed by atoms with Crippen LogP contribution in [-0.4, -0.2) is 6.54 Å². The summed E-state index contributed by atoms with van der Waals surface area (Å²) in [5, 5.41) is 3.30. The lowest BCUT2D eigenvalue weighted by Gasteiger charge is -2.00. The van der Waals surface area contributed by atoms with Gasteiger partial charge in [0.1, 0.15) is 0 Å². The Balaban J connectivity index is 2.29. The summed E-state index contributed by atoms with van der Waals surface area (Å²) in [6.45, 7) is 7.68. The summed E-state index contributed by atoms with van der Waals surface area (Å²) in [7, 11) is 0. The van der Waals surface area contributed by atoms with Crippen molar-refractivity contribution >= 4 is 27.3 Å². The fourth-order valence-corrected chi connectivity index (χ4v) is 2.30. The number of rotatable bonds is 4. The molecule has 0 spiro atoms. The Morgan fingerprint density at radius 3 is 2.92 bits per heavy atom. The van der Waals surface area contributed by atoms with E-state index in [-0.39, 0.29) is 0 Å². The highest BCUT2D eigenvalue weighted by molar-refractivity contribution is 9.11. The van der Waals surface area contributed by atoms with Crippen molar-refractivity contribution in [3.05, 3.63) is 32.9 Å². The lowest BCUT2D eigenvalue weighted by Crippen LogP contribution is -2.14. The molecule has 0 atom stereocenters. The van der Waals surface area contributed by atoms with E-state index in [1.165, 1.54) is 14.2 Å². The van der Waals surface area contributed by atoms with Gasteiger partial charge in [0, 0.05) is 18.0 Å². The molecule has 0 aliphatic rings. The summed E-state index contributed by atoms with van der Waals surface area (Å²) in [5.41, 5.74) is 1.17. The first-order valence-corrected chi connectivity index (χ1v) is 5.39. The average molecular weight is 246 g/mol. The molecule has 0 amide bonds. The van der Waals surface area contributed by atoms with E-state index in [0.717, 1.165) is 13.1 Å². The molecule has 0 aromatic carbocycles. The third-order valence-corrected chi connectivity index (χ3v) is 2.98. The monoisotopic (exact) mass is 245 g/mol. The van der Waals surface area contributed by atoms with Gasteiger partial charge in [-0.2, -0.15) is 0 Å². The molecule has 0 unspecified atom stereocenters. The molecule has 3 heteroatoms. The summed E-state index contributed by atoms with van der Waals surface area (Å²) in [5.74, 6) is 0. The molecule has 0 aliphatic heterocycles. The third-order valence-electron chi connectivity index (χ3n) is 1.35. The average Bonchev–Trinajstić information content (AvgIpc) is 2.35. The van der Waals surface area contributed by atoms with Gasteiger partial charge in [-0.1, -0.05) is 12.2 Å². The van der Waals surface area contributed by atoms with Crippen LogP contribution in [0.2, 0.25) is 0 Å². The van der Waals surface area contributed by atoms with E-state index in [2.05, 4.69) is 40.0 Å². The molecule has 0 radical (unpaired) electrons. The highest BCUT2D eigenvalue weighted by atomic mass is 79.9. The fraction of sp³-hybridized carbons (Fsp3) is 0.333. The van der Waals surface area contributed by atoms with Crippen LogP contribution in [0.3, 0.4) is 0 Å². The van der Waals surface area contributed by atoms with Crippen LogP contribution < -0.4 is 5.32 Å². The van der Waals surface area contributed by atoms with Gasteiger partial charge in [-0.3, -0.25) is 0 Å². The number of thiophene rings is 1. The second-order valence-electron chi connectivity index (χ2n) is 2.77. The molecule has 1 N–H and O–H groups in total. The molecule has 0 saturated heterocycles. The Morgan fingerprint density at radius 1 is 1.67 bits per heavy atom. The smallest absolute Gasteiger partial charge is 0.0701 e. The van der Waals surface area contributed by atoms with Crippen molar-refractivity contribution in [1.82, 2.24) is 5.32 Å². The van der Waals surface area contributed by atoms with Crippen LogP contribution in [0, 0.1) is 0 Å². The molecule has 1 heterocycles. The molecular formula is C9H12BrNS. The minimum atomic E-state index is 0.898. The Hall–Kier alpha value is -0.120. The Kier molecular flexibility index (Phi) is 3.98. The van der Waals surface area contributed by atoms with E-state index in [0.29, 0.717) is 0 Å². The van der Waals surface area contributed by atoms with E-state index >= 15 is 0 Å². The van der Waals surface area contributed by atoms with Crippen LogP contribution >= 0.6 is 27.3 Å². The normalized spacial score (nSPS) is 10.2. The minimum absolute atomic E-state index is 0.898. The lowest BCUT2D eigenvalue weighted by atomic mass is 10.3. The summed E-state index contributed by atoms with van der Waals surface area (Å²) in [4.78, 5) is 1.35. The van der Waals surface area contributed by atoms with Gasteiger partial charge >= 0.3 is 0 Å². The van der Waals surface area contributed by atoms with Crippen molar-refractivity contribution < 1.29 is 0 Å². The highest BCUT2D eigenvalue weighted by Gasteiger charge is 1.95. The van der Waals surface area contributed by atoms with Crippen LogP contribution in [0.1, 0.15) is 11.8 Å². The molecule has 12 heavy (non-hydrogen) atoms. The molecule has 0 saturated carbocycles. The van der Waals surface area contributed by atoms with Gasteiger partial charge in [0.25, 0.3) is 0 Å². The van der Waals surface area contributed by atoms with Gasteiger partial charge < -0.3 is 5.32 Å². The third kappa shape index (κ3) is 3.52. The molecule has 0 fully saturated rings. The standard InChI is InChI=1S/C9H12BrNS/c1-7(2)5-11-6-8-3-4-9(10)12-8/h3-4,11H,1,5-6H2,2H3. The minimum Gasteiger partial charge on any atom is -0.308 e. The molecule has 1 aromatic heterocycles. The first-order chi connectivity index (χ1) is 5.68. The van der Waals surface area contributed by atoms with E-state index in [1.54, 1.807) is 11.3 Å². The molecule has 0 aliphatic carbocycles. The Bertz CT molecular complexity index is 267. The molecule has 1 aromatic rings. The number of halogens is 1. The van der Waals surface area contributed by atoms with Gasteiger partial charge in [-0.05, 0) is 35.0 Å². The van der Waals surface area contributed by atoms with Gasteiger partial charge in [-0.15, -0.1) is 11.3 Å². The van der Waals surface area contributed by atoms with E-state index in [9.17, 15) is 0 Å². The van der Waals surface area contributed by atoms with Crippen LogP contribution in [0.4, 0.5) is 0 Å². The molecular weight excluding hydrogens is 234 g/mol. The zero-order valence-electron chi connectivity index (χ0n) is 7.06. The van der Waals surface area contributed by atoms with E-state index < -0.39 is 0 Å². The van der Waals surface area contributed by atoms with Crippen molar-refractivity contribution in [1.29, 1.82) is 0 Å². The van der Waals surface area contributed by atoms with E-state index in [1.807, 2.05) is 6.92 Å².